The van der Waals surface area contributed by atoms with Gasteiger partial charge in [-0.2, -0.15) is 5.10 Å². The highest BCUT2D eigenvalue weighted by Gasteiger charge is 2.63. The van der Waals surface area contributed by atoms with Crippen LogP contribution >= 0.6 is 0 Å². The van der Waals surface area contributed by atoms with Crippen molar-refractivity contribution in [3.8, 4) is 0 Å². The zero-order valence-electron chi connectivity index (χ0n) is 11.7. The highest BCUT2D eigenvalue weighted by Crippen LogP contribution is 2.57. The molecule has 6 nitrogen and oxygen atoms in total. The number of aryl methyl sites for hydroxylation is 1. The number of carboxylic acid groups (broad SMARTS) is 1. The van der Waals surface area contributed by atoms with Gasteiger partial charge in [-0.15, -0.1) is 0 Å². The normalized spacial score (nSPS) is 33.3. The Bertz CT molecular complexity index is 568. The van der Waals surface area contributed by atoms with E-state index in [4.69, 9.17) is 0 Å². The first-order valence-corrected chi connectivity index (χ1v) is 6.97. The molecule has 1 amide bonds. The Labute approximate surface area is 117 Å². The Balaban J connectivity index is 2.14. The van der Waals surface area contributed by atoms with Crippen molar-refractivity contribution in [3.05, 3.63) is 18.0 Å². The van der Waals surface area contributed by atoms with Crippen molar-refractivity contribution in [3.63, 3.8) is 0 Å². The van der Waals surface area contributed by atoms with Crippen LogP contribution in [-0.4, -0.2) is 38.7 Å². The van der Waals surface area contributed by atoms with Crippen LogP contribution in [0.25, 0.3) is 0 Å². The van der Waals surface area contributed by atoms with Gasteiger partial charge in [0.15, 0.2) is 0 Å². The molecule has 1 N–H and O–H groups in total. The van der Waals surface area contributed by atoms with E-state index in [2.05, 4.69) is 5.10 Å². The highest BCUT2D eigenvalue weighted by atomic mass is 16.4. The predicted octanol–water partition coefficient (Wildman–Crippen LogP) is 1.19. The van der Waals surface area contributed by atoms with Crippen molar-refractivity contribution >= 4 is 11.9 Å². The van der Waals surface area contributed by atoms with Gasteiger partial charge in [-0.05, 0) is 12.8 Å². The second-order valence-corrected chi connectivity index (χ2v) is 5.94. The summed E-state index contributed by atoms with van der Waals surface area (Å²) < 4.78 is 1.65. The zero-order valence-corrected chi connectivity index (χ0v) is 11.7. The lowest BCUT2D eigenvalue weighted by Crippen LogP contribution is -2.43. The molecular weight excluding hydrogens is 258 g/mol. The van der Waals surface area contributed by atoms with E-state index in [-0.39, 0.29) is 5.91 Å². The molecule has 108 valence electrons. The number of hydrogen-bond donors (Lipinski definition) is 1. The lowest BCUT2D eigenvalue weighted by atomic mass is 9.63. The summed E-state index contributed by atoms with van der Waals surface area (Å²) in [6.07, 6.45) is 6.51. The van der Waals surface area contributed by atoms with E-state index >= 15 is 0 Å². The summed E-state index contributed by atoms with van der Waals surface area (Å²) in [7, 11) is 3.51. The third-order valence-electron chi connectivity index (χ3n) is 4.91. The third kappa shape index (κ3) is 1.53. The van der Waals surface area contributed by atoms with Crippen LogP contribution in [0.5, 0.6) is 0 Å². The van der Waals surface area contributed by atoms with Crippen molar-refractivity contribution in [1.82, 2.24) is 14.7 Å². The largest absolute Gasteiger partial charge is 0.481 e. The molecule has 3 unspecified atom stereocenters. The van der Waals surface area contributed by atoms with E-state index in [1.807, 2.05) is 6.20 Å². The molecule has 1 aromatic rings. The summed E-state index contributed by atoms with van der Waals surface area (Å²) >= 11 is 0. The van der Waals surface area contributed by atoms with Crippen LogP contribution in [0.15, 0.2) is 12.4 Å². The van der Waals surface area contributed by atoms with Gasteiger partial charge in [-0.1, -0.05) is 12.8 Å². The van der Waals surface area contributed by atoms with Crippen LogP contribution in [-0.2, 0) is 16.6 Å². The van der Waals surface area contributed by atoms with Crippen molar-refractivity contribution in [1.29, 1.82) is 0 Å². The Morgan fingerprint density at radius 1 is 1.45 bits per heavy atom. The van der Waals surface area contributed by atoms with Gasteiger partial charge in [0.1, 0.15) is 5.41 Å². The molecule has 1 saturated heterocycles. The van der Waals surface area contributed by atoms with Gasteiger partial charge in [0.05, 0.1) is 18.2 Å². The monoisotopic (exact) mass is 277 g/mol. The van der Waals surface area contributed by atoms with Crippen LogP contribution in [0.2, 0.25) is 0 Å². The molecule has 0 bridgehead atoms. The number of hydrogen-bond acceptors (Lipinski definition) is 3. The highest BCUT2D eigenvalue weighted by molar-refractivity contribution is 5.92. The van der Waals surface area contributed by atoms with Crippen LogP contribution in [0.1, 0.15) is 37.3 Å². The lowest BCUT2D eigenvalue weighted by Gasteiger charge is -2.38. The summed E-state index contributed by atoms with van der Waals surface area (Å²) in [5.41, 5.74) is -0.178. The summed E-state index contributed by atoms with van der Waals surface area (Å²) in [4.78, 5) is 26.1. The fourth-order valence-electron chi connectivity index (χ4n) is 4.06. The van der Waals surface area contributed by atoms with Crippen LogP contribution in [0.4, 0.5) is 0 Å². The van der Waals surface area contributed by atoms with Crippen LogP contribution in [0.3, 0.4) is 0 Å². The van der Waals surface area contributed by atoms with Crippen molar-refractivity contribution in [2.75, 3.05) is 7.05 Å². The first-order chi connectivity index (χ1) is 9.48. The second kappa shape index (κ2) is 4.33. The quantitative estimate of drug-likeness (QED) is 0.881. The second-order valence-electron chi connectivity index (χ2n) is 5.94. The molecule has 2 aliphatic rings. The molecule has 1 saturated carbocycles. The molecule has 0 radical (unpaired) electrons. The molecule has 3 atom stereocenters. The maximum Gasteiger partial charge on any atom is 0.312 e. The lowest BCUT2D eigenvalue weighted by molar-refractivity contribution is -0.156. The van der Waals surface area contributed by atoms with Gasteiger partial charge in [0.25, 0.3) is 0 Å². The van der Waals surface area contributed by atoms with E-state index in [1.165, 1.54) is 0 Å². The molecule has 3 rings (SSSR count). The fraction of sp³-hybridized carbons (Fsp3) is 0.643. The molecular formula is C14H19N3O3. The average molecular weight is 277 g/mol. The number of carbonyl (C=O) groups excluding carboxylic acids is 1. The summed E-state index contributed by atoms with van der Waals surface area (Å²) in [6.45, 7) is 0. The number of aromatic nitrogens is 2. The summed E-state index contributed by atoms with van der Waals surface area (Å²) in [6, 6.07) is -0.411. The van der Waals surface area contributed by atoms with Crippen molar-refractivity contribution < 1.29 is 14.7 Å². The average Bonchev–Trinajstić information content (AvgIpc) is 2.92. The number of likely N-dealkylation sites (tertiary alicyclic amines) is 1. The van der Waals surface area contributed by atoms with E-state index in [0.717, 1.165) is 18.4 Å². The smallest absolute Gasteiger partial charge is 0.312 e. The number of carboxylic acids is 1. The molecule has 2 heterocycles. The maximum atomic E-state index is 12.5. The number of carbonyl (C=O) groups is 2. The fourth-order valence-corrected chi connectivity index (χ4v) is 4.06. The summed E-state index contributed by atoms with van der Waals surface area (Å²) in [5.74, 6) is -1.29. The molecule has 1 aliphatic carbocycles. The SMILES string of the molecule is CN1C(=O)C2CCCCC2(C(=O)O)C1c1cnn(C)c1. The molecule has 0 aromatic carbocycles. The van der Waals surface area contributed by atoms with E-state index in [9.17, 15) is 14.7 Å². The minimum Gasteiger partial charge on any atom is -0.481 e. The zero-order chi connectivity index (χ0) is 14.5. The Morgan fingerprint density at radius 3 is 2.80 bits per heavy atom. The number of nitrogens with zero attached hydrogens (tertiary/aromatic N) is 3. The Kier molecular flexibility index (Phi) is 2.84. The predicted molar refractivity (Wildman–Crippen MR) is 70.7 cm³/mol. The minimum absolute atomic E-state index is 0.0408. The van der Waals surface area contributed by atoms with E-state index < -0.39 is 23.3 Å². The first kappa shape index (κ1) is 13.1. The van der Waals surface area contributed by atoms with Gasteiger partial charge in [0.2, 0.25) is 5.91 Å². The Morgan fingerprint density at radius 2 is 2.20 bits per heavy atom. The maximum absolute atomic E-state index is 12.5. The van der Waals surface area contributed by atoms with Gasteiger partial charge in [0, 0.05) is 25.9 Å². The summed E-state index contributed by atoms with van der Waals surface area (Å²) in [5, 5.41) is 14.0. The van der Waals surface area contributed by atoms with E-state index in [1.54, 1.807) is 29.9 Å². The van der Waals surface area contributed by atoms with E-state index in [0.29, 0.717) is 12.8 Å². The Hall–Kier alpha value is -1.85. The van der Waals surface area contributed by atoms with Gasteiger partial charge in [-0.25, -0.2) is 0 Å². The molecule has 2 fully saturated rings. The number of amides is 1. The molecule has 1 aliphatic heterocycles. The topological polar surface area (TPSA) is 75.4 Å². The van der Waals surface area contributed by atoms with Gasteiger partial charge < -0.3 is 10.0 Å². The van der Waals surface area contributed by atoms with Crippen molar-refractivity contribution in [2.24, 2.45) is 18.4 Å². The molecule has 1 aromatic heterocycles. The molecule has 20 heavy (non-hydrogen) atoms. The van der Waals surface area contributed by atoms with Crippen LogP contribution in [0, 0.1) is 11.3 Å². The number of aliphatic carboxylic acids is 1. The first-order valence-electron chi connectivity index (χ1n) is 6.97. The number of fused-ring (bicyclic) bond motifs is 1. The van der Waals surface area contributed by atoms with Crippen LogP contribution < -0.4 is 0 Å². The van der Waals surface area contributed by atoms with Gasteiger partial charge >= 0.3 is 5.97 Å². The molecule has 6 heteroatoms. The van der Waals surface area contributed by atoms with Crippen molar-refractivity contribution in [2.45, 2.75) is 31.7 Å². The molecule has 0 spiro atoms. The van der Waals surface area contributed by atoms with Gasteiger partial charge in [-0.3, -0.25) is 14.3 Å². The minimum atomic E-state index is -0.993. The number of rotatable bonds is 2. The standard InChI is InChI=1S/C14H19N3O3/c1-16-8-9(7-15-16)11-14(13(19)20)6-4-3-5-10(14)12(18)17(11)2/h7-8,10-11H,3-6H2,1-2H3,(H,19,20). The third-order valence-corrected chi connectivity index (χ3v) is 4.91.